The van der Waals surface area contributed by atoms with Crippen LogP contribution < -0.4 is 15.0 Å². The molecule has 5 nitrogen and oxygen atoms in total. The Morgan fingerprint density at radius 3 is 2.22 bits per heavy atom. The van der Waals surface area contributed by atoms with Gasteiger partial charge in [0.25, 0.3) is 0 Å². The molecule has 32 heavy (non-hydrogen) atoms. The van der Waals surface area contributed by atoms with E-state index in [1.165, 1.54) is 5.56 Å². The first-order chi connectivity index (χ1) is 15.6. The number of benzene rings is 2. The fraction of sp³-hybridized carbons (Fsp3) is 0.154. The van der Waals surface area contributed by atoms with E-state index in [4.69, 9.17) is 17.0 Å². The molecule has 0 spiro atoms. The molecular weight excluding hydrogens is 416 g/mol. The van der Waals surface area contributed by atoms with Crippen molar-refractivity contribution in [1.82, 2.24) is 15.3 Å². The van der Waals surface area contributed by atoms with Gasteiger partial charge in [-0.3, -0.25) is 4.98 Å². The van der Waals surface area contributed by atoms with Crippen molar-refractivity contribution in [3.05, 3.63) is 108 Å². The summed E-state index contributed by atoms with van der Waals surface area (Å²) in [6.07, 6.45) is 1.82. The number of rotatable bonds is 5. The van der Waals surface area contributed by atoms with Crippen molar-refractivity contribution in [2.75, 3.05) is 4.90 Å². The largest absolute Gasteiger partial charge is 0.457 e. The quantitative estimate of drug-likeness (QED) is 0.373. The smallest absolute Gasteiger partial charge is 0.174 e. The van der Waals surface area contributed by atoms with Crippen LogP contribution in [0.1, 0.15) is 34.7 Å². The summed E-state index contributed by atoms with van der Waals surface area (Å²) in [5.74, 6) is 1.60. The van der Waals surface area contributed by atoms with Gasteiger partial charge >= 0.3 is 0 Å². The van der Waals surface area contributed by atoms with E-state index < -0.39 is 0 Å². The molecule has 0 saturated carbocycles. The van der Waals surface area contributed by atoms with Gasteiger partial charge < -0.3 is 19.9 Å². The predicted octanol–water partition coefficient (Wildman–Crippen LogP) is 6.00. The fourth-order valence-corrected chi connectivity index (χ4v) is 4.41. The summed E-state index contributed by atoms with van der Waals surface area (Å²) in [4.78, 5) is 10.2. The minimum atomic E-state index is -0.0646. The van der Waals surface area contributed by atoms with Gasteiger partial charge in [-0.25, -0.2) is 0 Å². The number of hydrogen-bond donors (Lipinski definition) is 2. The van der Waals surface area contributed by atoms with Crippen LogP contribution in [0.2, 0.25) is 0 Å². The molecule has 4 aromatic rings. The Morgan fingerprint density at radius 1 is 0.875 bits per heavy atom. The summed E-state index contributed by atoms with van der Waals surface area (Å²) in [5.41, 5.74) is 5.35. The number of ether oxygens (including phenoxy) is 1. The predicted molar refractivity (Wildman–Crippen MR) is 131 cm³/mol. The first kappa shape index (κ1) is 20.3. The summed E-state index contributed by atoms with van der Waals surface area (Å²) in [5, 5.41) is 4.15. The second-order valence-corrected chi connectivity index (χ2v) is 8.39. The summed E-state index contributed by atoms with van der Waals surface area (Å²) in [6, 6.07) is 26.1. The number of thiocarbonyl (C=S) groups is 1. The van der Waals surface area contributed by atoms with Gasteiger partial charge in [-0.2, -0.15) is 0 Å². The molecule has 2 aromatic carbocycles. The zero-order valence-electron chi connectivity index (χ0n) is 17.9. The maximum absolute atomic E-state index is 6.00. The van der Waals surface area contributed by atoms with E-state index in [2.05, 4.69) is 46.2 Å². The van der Waals surface area contributed by atoms with Gasteiger partial charge in [0.15, 0.2) is 5.11 Å². The fourth-order valence-electron chi connectivity index (χ4n) is 4.06. The Bertz CT molecular complexity index is 1220. The van der Waals surface area contributed by atoms with Crippen LogP contribution in [0.25, 0.3) is 0 Å². The topological polar surface area (TPSA) is 53.2 Å². The average molecular weight is 441 g/mol. The number of aromatic nitrogens is 2. The lowest BCUT2D eigenvalue weighted by atomic mass is 10.0. The van der Waals surface area contributed by atoms with Gasteiger partial charge in [0.05, 0.1) is 11.7 Å². The first-order valence-corrected chi connectivity index (χ1v) is 11.0. The zero-order valence-corrected chi connectivity index (χ0v) is 18.8. The van der Waals surface area contributed by atoms with Gasteiger partial charge in [-0.05, 0) is 86.7 Å². The Morgan fingerprint density at radius 2 is 1.59 bits per heavy atom. The third-order valence-electron chi connectivity index (χ3n) is 5.64. The highest BCUT2D eigenvalue weighted by Gasteiger charge is 2.41. The second kappa shape index (κ2) is 8.48. The van der Waals surface area contributed by atoms with Crippen LogP contribution in [0, 0.1) is 13.8 Å². The molecule has 1 fully saturated rings. The number of aromatic amines is 1. The van der Waals surface area contributed by atoms with Gasteiger partial charge in [0.2, 0.25) is 0 Å². The summed E-state index contributed by atoms with van der Waals surface area (Å²) < 4.78 is 6.00. The van der Waals surface area contributed by atoms with E-state index in [9.17, 15) is 0 Å². The second-order valence-electron chi connectivity index (χ2n) is 8.00. The lowest BCUT2D eigenvalue weighted by Crippen LogP contribution is -2.29. The third-order valence-corrected chi connectivity index (χ3v) is 5.96. The van der Waals surface area contributed by atoms with Crippen LogP contribution in [0.5, 0.6) is 11.5 Å². The minimum Gasteiger partial charge on any atom is -0.457 e. The Kier molecular flexibility index (Phi) is 5.37. The van der Waals surface area contributed by atoms with Crippen LogP contribution in [0.4, 0.5) is 5.69 Å². The van der Waals surface area contributed by atoms with Gasteiger partial charge in [-0.15, -0.1) is 0 Å². The van der Waals surface area contributed by atoms with Gasteiger partial charge in [0, 0.05) is 23.3 Å². The maximum Gasteiger partial charge on any atom is 0.174 e. The number of hydrogen-bond acceptors (Lipinski definition) is 3. The van der Waals surface area contributed by atoms with E-state index in [-0.39, 0.29) is 12.1 Å². The molecule has 0 amide bonds. The minimum absolute atomic E-state index is 0.0463. The number of anilines is 1. The summed E-state index contributed by atoms with van der Waals surface area (Å²) >= 11 is 5.78. The number of aryl methyl sites for hydroxylation is 2. The van der Waals surface area contributed by atoms with Crippen LogP contribution in [-0.2, 0) is 0 Å². The van der Waals surface area contributed by atoms with E-state index >= 15 is 0 Å². The molecule has 1 aliphatic rings. The Balaban J connectivity index is 1.46. The van der Waals surface area contributed by atoms with Gasteiger partial charge in [-0.1, -0.05) is 23.8 Å². The molecule has 0 unspecified atom stereocenters. The monoisotopic (exact) mass is 440 g/mol. The summed E-state index contributed by atoms with van der Waals surface area (Å²) in [6.45, 7) is 4.12. The molecule has 2 aromatic heterocycles. The molecule has 1 aliphatic heterocycles. The lowest BCUT2D eigenvalue weighted by molar-refractivity contribution is 0.482. The van der Waals surface area contributed by atoms with Crippen LogP contribution >= 0.6 is 12.2 Å². The van der Waals surface area contributed by atoms with Crippen molar-refractivity contribution in [1.29, 1.82) is 0 Å². The molecule has 1 saturated heterocycles. The van der Waals surface area contributed by atoms with Crippen molar-refractivity contribution in [2.24, 2.45) is 0 Å². The first-order valence-electron chi connectivity index (χ1n) is 10.6. The number of nitrogens with one attached hydrogen (secondary N) is 2. The average Bonchev–Trinajstić information content (AvgIpc) is 3.39. The van der Waals surface area contributed by atoms with E-state index in [1.54, 1.807) is 0 Å². The number of H-pyrrole nitrogens is 1. The molecule has 5 rings (SSSR count). The maximum atomic E-state index is 6.00. The molecule has 6 heteroatoms. The van der Waals surface area contributed by atoms with E-state index in [1.807, 2.05) is 72.9 Å². The SMILES string of the molecule is Cc1ccc(Oc2ccc(N3C(=S)N[C@@H](c4ccccn4)[C@H]3c3ccc(C)[nH]3)cc2)cc1. The summed E-state index contributed by atoms with van der Waals surface area (Å²) in [7, 11) is 0. The standard InChI is InChI=1S/C26H24N4OS/c1-17-6-11-20(12-7-17)31-21-13-9-19(10-14-21)30-25(23-15-8-18(2)28-23)24(29-26(30)32)22-5-3-4-16-27-22/h3-16,24-25,28H,1-2H3,(H,29,32)/t24-,25+/m0/s1. The molecule has 160 valence electrons. The highest BCUT2D eigenvalue weighted by Crippen LogP contribution is 2.41. The van der Waals surface area contributed by atoms with Gasteiger partial charge in [0.1, 0.15) is 17.5 Å². The van der Waals surface area contributed by atoms with Crippen molar-refractivity contribution in [2.45, 2.75) is 25.9 Å². The highest BCUT2D eigenvalue weighted by atomic mass is 32.1. The number of pyridine rings is 1. The van der Waals surface area contributed by atoms with Crippen molar-refractivity contribution >= 4 is 23.0 Å². The molecular formula is C26H24N4OS. The normalized spacial score (nSPS) is 17.9. The van der Waals surface area contributed by atoms with Crippen molar-refractivity contribution in [3.8, 4) is 11.5 Å². The Hall–Kier alpha value is -3.64. The molecule has 3 heterocycles. The molecule has 2 atom stereocenters. The third kappa shape index (κ3) is 3.97. The molecule has 0 aliphatic carbocycles. The molecule has 2 N–H and O–H groups in total. The van der Waals surface area contributed by atoms with E-state index in [0.29, 0.717) is 5.11 Å². The Labute approximate surface area is 193 Å². The lowest BCUT2D eigenvalue weighted by Gasteiger charge is -2.27. The van der Waals surface area contributed by atoms with E-state index in [0.717, 1.165) is 34.3 Å². The van der Waals surface area contributed by atoms with Crippen molar-refractivity contribution < 1.29 is 4.74 Å². The molecule has 0 radical (unpaired) electrons. The van der Waals surface area contributed by atoms with Crippen LogP contribution in [0.3, 0.4) is 0 Å². The molecule has 0 bridgehead atoms. The number of nitrogens with zero attached hydrogens (tertiary/aromatic N) is 2. The zero-order chi connectivity index (χ0) is 22.1. The van der Waals surface area contributed by atoms with Crippen LogP contribution in [-0.4, -0.2) is 15.1 Å². The highest BCUT2D eigenvalue weighted by molar-refractivity contribution is 7.80. The van der Waals surface area contributed by atoms with Crippen LogP contribution in [0.15, 0.2) is 85.1 Å². The van der Waals surface area contributed by atoms with Crippen molar-refractivity contribution in [3.63, 3.8) is 0 Å².